The highest BCUT2D eigenvalue weighted by Gasteiger charge is 2.25. The molecule has 0 radical (unpaired) electrons. The van der Waals surface area contributed by atoms with E-state index in [1.165, 1.54) is 13.3 Å². The molecule has 3 amide bonds. The molecule has 4 N–H and O–H groups in total. The normalized spacial score (nSPS) is 20.2. The number of hydrogen-bond acceptors (Lipinski definition) is 7. The molecule has 10 nitrogen and oxygen atoms in total. The Bertz CT molecular complexity index is 1050. The van der Waals surface area contributed by atoms with Gasteiger partial charge in [-0.3, -0.25) is 14.6 Å². The number of amides is 3. The number of nitrogens with two attached hydrogens (primary N) is 1. The number of anilines is 2. The molecule has 1 aliphatic heterocycles. The molecule has 0 unspecified atom stereocenters. The molecule has 4 rings (SSSR count). The van der Waals surface area contributed by atoms with E-state index in [-0.39, 0.29) is 30.0 Å². The average molecular weight is 481 g/mol. The van der Waals surface area contributed by atoms with E-state index in [1.54, 1.807) is 35.4 Å². The monoisotopic (exact) mass is 480 g/mol. The van der Waals surface area contributed by atoms with Crippen LogP contribution in [0.2, 0.25) is 0 Å². The number of hydrogen-bond donors (Lipinski definition) is 3. The van der Waals surface area contributed by atoms with Crippen molar-refractivity contribution in [3.05, 3.63) is 53.9 Å². The summed E-state index contributed by atoms with van der Waals surface area (Å²) in [5.41, 5.74) is 8.19. The van der Waals surface area contributed by atoms with Crippen molar-refractivity contribution in [2.45, 2.75) is 37.8 Å². The van der Waals surface area contributed by atoms with Gasteiger partial charge in [-0.1, -0.05) is 0 Å². The molecule has 0 bridgehead atoms. The van der Waals surface area contributed by atoms with Crippen molar-refractivity contribution in [2.75, 3.05) is 43.5 Å². The molecule has 1 aromatic heterocycles. The summed E-state index contributed by atoms with van der Waals surface area (Å²) in [6, 6.07) is 9.01. The van der Waals surface area contributed by atoms with E-state index in [1.807, 2.05) is 6.07 Å². The number of pyridine rings is 1. The second kappa shape index (κ2) is 11.2. The van der Waals surface area contributed by atoms with E-state index in [4.69, 9.17) is 10.5 Å². The summed E-state index contributed by atoms with van der Waals surface area (Å²) in [7, 11) is 1.37. The van der Waals surface area contributed by atoms with Gasteiger partial charge >= 0.3 is 6.09 Å². The summed E-state index contributed by atoms with van der Waals surface area (Å²) < 4.78 is 4.82. The van der Waals surface area contributed by atoms with Gasteiger partial charge in [-0.25, -0.2) is 4.79 Å². The lowest BCUT2D eigenvalue weighted by molar-refractivity contribution is 0.0924. The molecule has 186 valence electrons. The summed E-state index contributed by atoms with van der Waals surface area (Å²) in [6.45, 7) is 2.13. The number of benzene rings is 1. The van der Waals surface area contributed by atoms with E-state index in [2.05, 4.69) is 20.5 Å². The van der Waals surface area contributed by atoms with Crippen LogP contribution in [0, 0.1) is 0 Å². The number of rotatable bonds is 5. The molecular formula is C25H32N6O4. The number of methoxy groups -OCH3 is 1. The molecule has 2 aromatic rings. The Balaban J connectivity index is 1.54. The summed E-state index contributed by atoms with van der Waals surface area (Å²) in [4.78, 5) is 45.5. The minimum atomic E-state index is -0.356. The molecule has 35 heavy (non-hydrogen) atoms. The largest absolute Gasteiger partial charge is 0.453 e. The molecule has 1 aliphatic carbocycles. The summed E-state index contributed by atoms with van der Waals surface area (Å²) >= 11 is 0. The number of nitrogens with one attached hydrogen (secondary N) is 2. The highest BCUT2D eigenvalue weighted by atomic mass is 16.5. The zero-order valence-electron chi connectivity index (χ0n) is 19.9. The lowest BCUT2D eigenvalue weighted by atomic mass is 9.91. The van der Waals surface area contributed by atoms with Crippen LogP contribution in [0.4, 0.5) is 16.2 Å². The fourth-order valence-electron chi connectivity index (χ4n) is 4.54. The molecule has 1 aromatic carbocycles. The number of nitrogens with zero attached hydrogens (tertiary/aromatic N) is 3. The van der Waals surface area contributed by atoms with Crippen LogP contribution >= 0.6 is 0 Å². The Morgan fingerprint density at radius 2 is 1.74 bits per heavy atom. The standard InChI is InChI=1S/C25H32N6O4/c1-35-25(34)31-13-11-30(12-14-31)22-9-4-17(23(32)28-20-7-5-19(26)6-8-20)15-21(22)29-24(33)18-3-2-10-27-16-18/h2-4,9-10,15-16,19-20H,5-8,11-14,26H2,1H3,(H,28,32)(H,29,33). The van der Waals surface area contributed by atoms with Gasteiger partial charge < -0.3 is 30.9 Å². The van der Waals surface area contributed by atoms with E-state index in [0.717, 1.165) is 31.4 Å². The predicted molar refractivity (Wildman–Crippen MR) is 133 cm³/mol. The van der Waals surface area contributed by atoms with Crippen molar-refractivity contribution in [3.8, 4) is 0 Å². The van der Waals surface area contributed by atoms with Crippen LogP contribution in [-0.2, 0) is 4.74 Å². The molecule has 2 fully saturated rings. The van der Waals surface area contributed by atoms with Crippen molar-refractivity contribution >= 4 is 29.3 Å². The van der Waals surface area contributed by atoms with Crippen LogP contribution in [0.1, 0.15) is 46.4 Å². The minimum Gasteiger partial charge on any atom is -0.453 e. The number of piperazine rings is 1. The number of carbonyl (C=O) groups is 3. The second-order valence-electron chi connectivity index (χ2n) is 8.96. The van der Waals surface area contributed by atoms with Crippen LogP contribution in [-0.4, -0.2) is 73.2 Å². The Morgan fingerprint density at radius 3 is 2.40 bits per heavy atom. The summed E-state index contributed by atoms with van der Waals surface area (Å²) in [6.07, 6.45) is 6.26. The number of ether oxygens (including phenoxy) is 1. The molecule has 1 saturated carbocycles. The molecule has 1 saturated heterocycles. The third-order valence-corrected chi connectivity index (χ3v) is 6.59. The third-order valence-electron chi connectivity index (χ3n) is 6.59. The smallest absolute Gasteiger partial charge is 0.409 e. The topological polar surface area (TPSA) is 130 Å². The maximum absolute atomic E-state index is 13.0. The van der Waals surface area contributed by atoms with Crippen molar-refractivity contribution in [1.82, 2.24) is 15.2 Å². The van der Waals surface area contributed by atoms with Crippen molar-refractivity contribution in [3.63, 3.8) is 0 Å². The van der Waals surface area contributed by atoms with E-state index in [9.17, 15) is 14.4 Å². The first-order valence-electron chi connectivity index (χ1n) is 11.9. The zero-order chi connectivity index (χ0) is 24.8. The maximum Gasteiger partial charge on any atom is 0.409 e. The highest BCUT2D eigenvalue weighted by molar-refractivity contribution is 6.07. The Morgan fingerprint density at radius 1 is 1.00 bits per heavy atom. The highest BCUT2D eigenvalue weighted by Crippen LogP contribution is 2.29. The van der Waals surface area contributed by atoms with Gasteiger partial charge in [-0.2, -0.15) is 0 Å². The van der Waals surface area contributed by atoms with Gasteiger partial charge in [-0.15, -0.1) is 0 Å². The van der Waals surface area contributed by atoms with Gasteiger partial charge in [-0.05, 0) is 56.0 Å². The third kappa shape index (κ3) is 6.07. The van der Waals surface area contributed by atoms with Crippen LogP contribution in [0.3, 0.4) is 0 Å². The Hall–Kier alpha value is -3.66. The molecule has 10 heteroatoms. The molecule has 0 spiro atoms. The lowest BCUT2D eigenvalue weighted by Gasteiger charge is -2.36. The molecule has 0 atom stereocenters. The van der Waals surface area contributed by atoms with Gasteiger partial charge in [0.25, 0.3) is 11.8 Å². The Kier molecular flexibility index (Phi) is 7.81. The quantitative estimate of drug-likeness (QED) is 0.598. The SMILES string of the molecule is COC(=O)N1CCN(c2ccc(C(=O)NC3CCC(N)CC3)cc2NC(=O)c2cccnc2)CC1. The first-order valence-corrected chi connectivity index (χ1v) is 11.9. The second-order valence-corrected chi connectivity index (χ2v) is 8.96. The number of carbonyl (C=O) groups excluding carboxylic acids is 3. The minimum absolute atomic E-state index is 0.0989. The summed E-state index contributed by atoms with van der Waals surface area (Å²) in [5.74, 6) is -0.490. The van der Waals surface area contributed by atoms with Gasteiger partial charge in [0.1, 0.15) is 0 Å². The first kappa shape index (κ1) is 24.5. The van der Waals surface area contributed by atoms with E-state index >= 15 is 0 Å². The van der Waals surface area contributed by atoms with Crippen LogP contribution in [0.15, 0.2) is 42.7 Å². The van der Waals surface area contributed by atoms with Crippen molar-refractivity contribution in [2.24, 2.45) is 5.73 Å². The van der Waals surface area contributed by atoms with E-state index < -0.39 is 0 Å². The van der Waals surface area contributed by atoms with E-state index in [0.29, 0.717) is 43.0 Å². The van der Waals surface area contributed by atoms with Gasteiger partial charge in [0.05, 0.1) is 24.0 Å². The fraction of sp³-hybridized carbons (Fsp3) is 0.440. The average Bonchev–Trinajstić information content (AvgIpc) is 2.90. The fourth-order valence-corrected chi connectivity index (χ4v) is 4.54. The zero-order valence-corrected chi connectivity index (χ0v) is 19.9. The maximum atomic E-state index is 13.0. The molecule has 2 heterocycles. The van der Waals surface area contributed by atoms with Crippen LogP contribution in [0.5, 0.6) is 0 Å². The van der Waals surface area contributed by atoms with Crippen LogP contribution in [0.25, 0.3) is 0 Å². The first-order chi connectivity index (χ1) is 16.9. The van der Waals surface area contributed by atoms with Gasteiger partial charge in [0.2, 0.25) is 0 Å². The summed E-state index contributed by atoms with van der Waals surface area (Å²) in [5, 5.41) is 6.05. The van der Waals surface area contributed by atoms with Crippen LogP contribution < -0.4 is 21.3 Å². The van der Waals surface area contributed by atoms with Gasteiger partial charge in [0, 0.05) is 56.2 Å². The number of aromatic nitrogens is 1. The van der Waals surface area contributed by atoms with Crippen molar-refractivity contribution in [1.29, 1.82) is 0 Å². The predicted octanol–water partition coefficient (Wildman–Crippen LogP) is 2.22. The lowest BCUT2D eigenvalue weighted by Crippen LogP contribution is -2.49. The van der Waals surface area contributed by atoms with Crippen molar-refractivity contribution < 1.29 is 19.1 Å². The van der Waals surface area contributed by atoms with Gasteiger partial charge in [0.15, 0.2) is 0 Å². The Labute approximate surface area is 204 Å². The molecular weight excluding hydrogens is 448 g/mol. The molecule has 2 aliphatic rings.